The summed E-state index contributed by atoms with van der Waals surface area (Å²) < 4.78 is 22.7. The van der Waals surface area contributed by atoms with Crippen LogP contribution in [0.5, 0.6) is 0 Å². The van der Waals surface area contributed by atoms with Crippen molar-refractivity contribution in [2.45, 2.75) is 96.0 Å². The van der Waals surface area contributed by atoms with Gasteiger partial charge < -0.3 is 18.9 Å². The highest BCUT2D eigenvalue weighted by Crippen LogP contribution is 2.41. The van der Waals surface area contributed by atoms with Gasteiger partial charge in [0, 0.05) is 17.8 Å². The second kappa shape index (κ2) is 10.2. The van der Waals surface area contributed by atoms with E-state index in [4.69, 9.17) is 59.2 Å². The Bertz CT molecular complexity index is 557. The summed E-state index contributed by atoms with van der Waals surface area (Å²) in [6.07, 6.45) is 0.685. The zero-order chi connectivity index (χ0) is 22.1. The molecule has 0 saturated carbocycles. The van der Waals surface area contributed by atoms with Gasteiger partial charge in [-0.25, -0.2) is 0 Å². The third-order valence-electron chi connectivity index (χ3n) is 6.93. The van der Waals surface area contributed by atoms with Gasteiger partial charge in [-0.2, -0.15) is 0 Å². The molecule has 1 N–H and O–H groups in total. The number of rotatable bonds is 5. The molecule has 0 radical (unpaired) electrons. The first kappa shape index (κ1) is 25.5. The second-order valence-corrected chi connectivity index (χ2v) is 11.0. The van der Waals surface area contributed by atoms with E-state index in [-0.39, 0.29) is 42.4 Å². The second-order valence-electron chi connectivity index (χ2n) is 8.74. The fourth-order valence-electron chi connectivity index (χ4n) is 4.56. The van der Waals surface area contributed by atoms with Gasteiger partial charge in [-0.1, -0.05) is 83.3 Å². The Morgan fingerprint density at radius 2 is 1.31 bits per heavy atom. The summed E-state index contributed by atoms with van der Waals surface area (Å²) >= 11 is 17.4. The van der Waals surface area contributed by atoms with E-state index in [1.165, 1.54) is 0 Å². The Morgan fingerprint density at radius 1 is 0.793 bits per heavy atom. The first-order valence-corrected chi connectivity index (χ1v) is 11.8. The number of ether oxygens (including phenoxy) is 4. The highest BCUT2D eigenvalue weighted by atomic mass is 35.6. The predicted octanol–water partition coefficient (Wildman–Crippen LogP) is 6.19. The van der Waals surface area contributed by atoms with E-state index >= 15 is 0 Å². The van der Waals surface area contributed by atoms with E-state index in [0.29, 0.717) is 11.8 Å². The molecule has 29 heavy (non-hydrogen) atoms. The maximum atomic E-state index is 7.93. The van der Waals surface area contributed by atoms with Gasteiger partial charge in [0.05, 0.1) is 18.3 Å². The van der Waals surface area contributed by atoms with Crippen molar-refractivity contribution in [1.82, 2.24) is 0 Å². The lowest BCUT2D eigenvalue weighted by Crippen LogP contribution is -2.55. The van der Waals surface area contributed by atoms with Gasteiger partial charge in [-0.3, -0.25) is 5.41 Å². The molecular weight excluding hydrogens is 437 g/mol. The summed E-state index contributed by atoms with van der Waals surface area (Å²) in [5.74, 6) is 0.792. The lowest BCUT2D eigenvalue weighted by molar-refractivity contribution is -0.313. The fourth-order valence-corrected chi connectivity index (χ4v) is 4.70. The topological polar surface area (TPSA) is 60.8 Å². The van der Waals surface area contributed by atoms with Gasteiger partial charge in [0.25, 0.3) is 3.79 Å². The monoisotopic (exact) mass is 471 g/mol. The largest absolute Gasteiger partial charge is 0.448 e. The molecule has 0 aromatic rings. The molecule has 0 spiro atoms. The number of halogens is 3. The highest BCUT2D eigenvalue weighted by Gasteiger charge is 2.48. The minimum Gasteiger partial charge on any atom is -0.448 e. The standard InChI is InChI=1S/C21H36Cl3NO4/c1-8-15-11(4)10(3)12(5)18(26-15)28-17-13(6)16(9-2)27-19(14(17)7)29-20(25)21(22,23)24/h10-19,25H,8-9H2,1-7H3/t10-,11+,12?,13-,14?,15?,16?,17-,18-,19-/m0/s1. The van der Waals surface area contributed by atoms with Crippen LogP contribution in [0.2, 0.25) is 0 Å². The van der Waals surface area contributed by atoms with E-state index < -0.39 is 16.0 Å². The van der Waals surface area contributed by atoms with E-state index in [0.717, 1.165) is 12.8 Å². The zero-order valence-electron chi connectivity index (χ0n) is 18.5. The van der Waals surface area contributed by atoms with E-state index in [9.17, 15) is 0 Å². The third kappa shape index (κ3) is 5.72. The van der Waals surface area contributed by atoms with Crippen molar-refractivity contribution in [2.75, 3.05) is 0 Å². The van der Waals surface area contributed by atoms with Crippen LogP contribution in [-0.4, -0.2) is 40.6 Å². The molecular formula is C21H36Cl3NO4. The van der Waals surface area contributed by atoms with Crippen LogP contribution in [0, 0.1) is 35.0 Å². The van der Waals surface area contributed by atoms with Crippen LogP contribution in [-0.2, 0) is 18.9 Å². The SMILES string of the molecule is CCC1O[C@@H](O[C@@H]2C(C)[C@H](OC(=N)C(Cl)(Cl)Cl)OC(CC)[C@@H]2C)C(C)[C@@H](C)[C@H]1C. The van der Waals surface area contributed by atoms with E-state index in [2.05, 4.69) is 41.5 Å². The Labute approximate surface area is 190 Å². The predicted molar refractivity (Wildman–Crippen MR) is 118 cm³/mol. The van der Waals surface area contributed by atoms with Gasteiger partial charge in [0.1, 0.15) is 0 Å². The number of nitrogens with one attached hydrogen (secondary N) is 1. The quantitative estimate of drug-likeness (QED) is 0.294. The lowest BCUT2D eigenvalue weighted by atomic mass is 9.78. The van der Waals surface area contributed by atoms with Crippen molar-refractivity contribution in [2.24, 2.45) is 29.6 Å². The highest BCUT2D eigenvalue weighted by molar-refractivity contribution is 6.76. The molecule has 2 saturated heterocycles. The maximum absolute atomic E-state index is 7.93. The van der Waals surface area contributed by atoms with Crippen LogP contribution >= 0.6 is 34.8 Å². The summed E-state index contributed by atoms with van der Waals surface area (Å²) in [6.45, 7) is 15.0. The minimum atomic E-state index is -1.93. The minimum absolute atomic E-state index is 0.0819. The van der Waals surface area contributed by atoms with Gasteiger partial charge in [-0.05, 0) is 24.7 Å². The van der Waals surface area contributed by atoms with E-state index in [1.54, 1.807) is 0 Å². The molecule has 170 valence electrons. The van der Waals surface area contributed by atoms with Crippen molar-refractivity contribution in [3.63, 3.8) is 0 Å². The Hall–Kier alpha value is 0.220. The molecule has 4 unspecified atom stereocenters. The average Bonchev–Trinajstić information content (AvgIpc) is 2.66. The van der Waals surface area contributed by atoms with E-state index in [1.807, 2.05) is 6.92 Å². The summed E-state index contributed by atoms with van der Waals surface area (Å²) in [4.78, 5) is 0. The van der Waals surface area contributed by atoms with Crippen LogP contribution in [0.1, 0.15) is 61.3 Å². The molecule has 5 nitrogen and oxygen atoms in total. The molecule has 0 bridgehead atoms. The molecule has 2 fully saturated rings. The van der Waals surface area contributed by atoms with Crippen LogP contribution < -0.4 is 0 Å². The Kier molecular flexibility index (Phi) is 8.98. The molecule has 2 heterocycles. The zero-order valence-corrected chi connectivity index (χ0v) is 20.7. The third-order valence-corrected chi connectivity index (χ3v) is 7.45. The van der Waals surface area contributed by atoms with Crippen LogP contribution in [0.4, 0.5) is 0 Å². The molecule has 10 atom stereocenters. The summed E-state index contributed by atoms with van der Waals surface area (Å²) in [6, 6.07) is 0. The molecule has 8 heteroatoms. The normalized spacial score (nSPS) is 43.8. The van der Waals surface area contributed by atoms with Crippen molar-refractivity contribution >= 4 is 40.7 Å². The smallest absolute Gasteiger partial charge is 0.265 e. The van der Waals surface area contributed by atoms with Crippen LogP contribution in [0.3, 0.4) is 0 Å². The summed E-state index contributed by atoms with van der Waals surface area (Å²) in [5, 5.41) is 7.93. The van der Waals surface area contributed by atoms with Gasteiger partial charge in [-0.15, -0.1) is 0 Å². The average molecular weight is 473 g/mol. The molecule has 2 rings (SSSR count). The van der Waals surface area contributed by atoms with Gasteiger partial charge >= 0.3 is 0 Å². The molecule has 0 aromatic heterocycles. The number of hydrogen-bond acceptors (Lipinski definition) is 5. The van der Waals surface area contributed by atoms with Gasteiger partial charge in [0.2, 0.25) is 12.2 Å². The summed E-state index contributed by atoms with van der Waals surface area (Å²) in [5.41, 5.74) is 0. The van der Waals surface area contributed by atoms with Gasteiger partial charge in [0.15, 0.2) is 6.29 Å². The van der Waals surface area contributed by atoms with Crippen molar-refractivity contribution in [1.29, 1.82) is 5.41 Å². The van der Waals surface area contributed by atoms with Crippen molar-refractivity contribution < 1.29 is 18.9 Å². The Balaban J connectivity index is 2.19. The first-order chi connectivity index (χ1) is 13.4. The molecule has 0 amide bonds. The van der Waals surface area contributed by atoms with Crippen molar-refractivity contribution in [3.05, 3.63) is 0 Å². The lowest BCUT2D eigenvalue weighted by Gasteiger charge is -2.49. The first-order valence-electron chi connectivity index (χ1n) is 10.7. The van der Waals surface area contributed by atoms with Crippen molar-refractivity contribution in [3.8, 4) is 0 Å². The molecule has 2 aliphatic heterocycles. The molecule has 0 aromatic carbocycles. The van der Waals surface area contributed by atoms with Crippen LogP contribution in [0.15, 0.2) is 0 Å². The molecule has 0 aliphatic carbocycles. The maximum Gasteiger partial charge on any atom is 0.265 e. The number of hydrogen-bond donors (Lipinski definition) is 1. The molecule has 2 aliphatic rings. The fraction of sp³-hybridized carbons (Fsp3) is 0.952. The number of alkyl halides is 3. The van der Waals surface area contributed by atoms with Crippen LogP contribution in [0.25, 0.3) is 0 Å². The summed E-state index contributed by atoms with van der Waals surface area (Å²) in [7, 11) is 0. The Morgan fingerprint density at radius 3 is 1.83 bits per heavy atom.